The van der Waals surface area contributed by atoms with E-state index in [0.29, 0.717) is 50.6 Å². The van der Waals surface area contributed by atoms with Crippen molar-refractivity contribution in [3.8, 4) is 11.5 Å². The van der Waals surface area contributed by atoms with Crippen LogP contribution in [0.2, 0.25) is 0 Å². The summed E-state index contributed by atoms with van der Waals surface area (Å²) in [4.78, 5) is 11.7. The molecule has 1 aliphatic heterocycles. The first-order valence-electron chi connectivity index (χ1n) is 8.83. The second kappa shape index (κ2) is 10.3. The van der Waals surface area contributed by atoms with Gasteiger partial charge in [0, 0.05) is 32.1 Å². The quantitative estimate of drug-likeness (QED) is 0.483. The molecular formula is C17H27N3O5S. The predicted octanol–water partition coefficient (Wildman–Crippen LogP) is 0.632. The van der Waals surface area contributed by atoms with E-state index in [1.165, 1.54) is 12.1 Å². The van der Waals surface area contributed by atoms with Crippen LogP contribution < -0.4 is 24.8 Å². The summed E-state index contributed by atoms with van der Waals surface area (Å²) in [5.41, 5.74) is 0. The molecule has 0 unspecified atom stereocenters. The second-order valence-electron chi connectivity index (χ2n) is 5.97. The summed E-state index contributed by atoms with van der Waals surface area (Å²) in [6.45, 7) is 2.56. The molecule has 3 N–H and O–H groups in total. The number of unbranched alkanes of at least 4 members (excludes halogenated alkanes) is 2. The average Bonchev–Trinajstić information content (AvgIpc) is 2.64. The first kappa shape index (κ1) is 20.5. The Bertz CT molecular complexity index is 694. The van der Waals surface area contributed by atoms with Crippen LogP contribution in [0, 0.1) is 0 Å². The maximum absolute atomic E-state index is 12.3. The zero-order valence-electron chi connectivity index (χ0n) is 15.0. The van der Waals surface area contributed by atoms with Crippen LogP contribution in [0.15, 0.2) is 23.1 Å². The molecule has 1 aliphatic rings. The van der Waals surface area contributed by atoms with E-state index in [-0.39, 0.29) is 10.8 Å². The highest BCUT2D eigenvalue weighted by molar-refractivity contribution is 7.89. The van der Waals surface area contributed by atoms with E-state index in [1.54, 1.807) is 6.07 Å². The number of nitrogens with one attached hydrogen (secondary N) is 3. The van der Waals surface area contributed by atoms with E-state index in [0.717, 1.165) is 19.4 Å². The first-order chi connectivity index (χ1) is 12.5. The van der Waals surface area contributed by atoms with Crippen LogP contribution in [-0.2, 0) is 14.8 Å². The van der Waals surface area contributed by atoms with Crippen molar-refractivity contribution >= 4 is 15.9 Å². The lowest BCUT2D eigenvalue weighted by atomic mass is 10.2. The Morgan fingerprint density at radius 3 is 2.58 bits per heavy atom. The fourth-order valence-corrected chi connectivity index (χ4v) is 3.57. The van der Waals surface area contributed by atoms with Crippen molar-refractivity contribution in [3.63, 3.8) is 0 Å². The molecular weight excluding hydrogens is 358 g/mol. The van der Waals surface area contributed by atoms with E-state index in [1.807, 2.05) is 7.05 Å². The molecule has 1 heterocycles. The molecule has 1 aromatic rings. The van der Waals surface area contributed by atoms with Gasteiger partial charge in [-0.2, -0.15) is 0 Å². The Morgan fingerprint density at radius 2 is 1.81 bits per heavy atom. The van der Waals surface area contributed by atoms with Gasteiger partial charge in [0.15, 0.2) is 11.5 Å². The monoisotopic (exact) mass is 385 g/mol. The number of rotatable bonds is 11. The molecule has 8 nitrogen and oxygen atoms in total. The molecule has 1 aromatic carbocycles. The summed E-state index contributed by atoms with van der Waals surface area (Å²) in [5.74, 6) is 1.03. The van der Waals surface area contributed by atoms with Crippen molar-refractivity contribution in [3.05, 3.63) is 18.2 Å². The lowest BCUT2D eigenvalue weighted by Crippen LogP contribution is -2.30. The molecule has 0 fully saturated rings. The van der Waals surface area contributed by atoms with Gasteiger partial charge in [-0.25, -0.2) is 13.1 Å². The molecule has 26 heavy (non-hydrogen) atoms. The SMILES string of the molecule is CNCCNC(=O)CCCCCNS(=O)(=O)c1ccc2c(c1)OCCO2. The Kier molecular flexibility index (Phi) is 8.14. The number of ether oxygens (including phenoxy) is 2. The van der Waals surface area contributed by atoms with Crippen LogP contribution >= 0.6 is 0 Å². The van der Waals surface area contributed by atoms with Crippen molar-refractivity contribution in [1.29, 1.82) is 0 Å². The molecule has 0 saturated carbocycles. The molecule has 0 bridgehead atoms. The Labute approximate surface area is 154 Å². The van der Waals surface area contributed by atoms with Crippen LogP contribution in [0.5, 0.6) is 11.5 Å². The van der Waals surface area contributed by atoms with Gasteiger partial charge < -0.3 is 20.1 Å². The smallest absolute Gasteiger partial charge is 0.240 e. The van der Waals surface area contributed by atoms with Crippen LogP contribution in [-0.4, -0.2) is 54.2 Å². The van der Waals surface area contributed by atoms with E-state index in [4.69, 9.17) is 9.47 Å². The van der Waals surface area contributed by atoms with Gasteiger partial charge in [0.1, 0.15) is 13.2 Å². The van der Waals surface area contributed by atoms with Crippen LogP contribution in [0.3, 0.4) is 0 Å². The lowest BCUT2D eigenvalue weighted by Gasteiger charge is -2.18. The van der Waals surface area contributed by atoms with Crippen molar-refractivity contribution in [2.24, 2.45) is 0 Å². The summed E-state index contributed by atoms with van der Waals surface area (Å²) in [7, 11) is -1.75. The molecule has 0 saturated heterocycles. The first-order valence-corrected chi connectivity index (χ1v) is 10.3. The highest BCUT2D eigenvalue weighted by atomic mass is 32.2. The van der Waals surface area contributed by atoms with E-state index < -0.39 is 10.0 Å². The maximum atomic E-state index is 12.3. The van der Waals surface area contributed by atoms with Crippen molar-refractivity contribution in [1.82, 2.24) is 15.4 Å². The minimum absolute atomic E-state index is 0.0251. The number of sulfonamides is 1. The Balaban J connectivity index is 1.68. The topological polar surface area (TPSA) is 106 Å². The molecule has 0 atom stereocenters. The Hall–Kier alpha value is -1.84. The fraction of sp³-hybridized carbons (Fsp3) is 0.588. The van der Waals surface area contributed by atoms with Crippen LogP contribution in [0.25, 0.3) is 0 Å². The lowest BCUT2D eigenvalue weighted by molar-refractivity contribution is -0.121. The molecule has 9 heteroatoms. The molecule has 1 amide bonds. The Morgan fingerprint density at radius 1 is 1.04 bits per heavy atom. The van der Waals surface area contributed by atoms with Crippen molar-refractivity contribution in [2.75, 3.05) is 39.9 Å². The number of fused-ring (bicyclic) bond motifs is 1. The average molecular weight is 385 g/mol. The van der Waals surface area contributed by atoms with Gasteiger partial charge in [0.25, 0.3) is 0 Å². The second-order valence-corrected chi connectivity index (χ2v) is 7.73. The van der Waals surface area contributed by atoms with Gasteiger partial charge in [-0.05, 0) is 32.0 Å². The van der Waals surface area contributed by atoms with Gasteiger partial charge in [0.05, 0.1) is 4.90 Å². The third-order valence-corrected chi connectivity index (χ3v) is 5.35. The highest BCUT2D eigenvalue weighted by Gasteiger charge is 2.18. The van der Waals surface area contributed by atoms with E-state index in [2.05, 4.69) is 15.4 Å². The minimum Gasteiger partial charge on any atom is -0.486 e. The van der Waals surface area contributed by atoms with Gasteiger partial charge in [-0.1, -0.05) is 6.42 Å². The molecule has 2 rings (SSSR count). The third kappa shape index (κ3) is 6.47. The van der Waals surface area contributed by atoms with E-state index >= 15 is 0 Å². The number of hydrogen-bond donors (Lipinski definition) is 3. The van der Waals surface area contributed by atoms with Gasteiger partial charge in [-0.15, -0.1) is 0 Å². The van der Waals surface area contributed by atoms with E-state index in [9.17, 15) is 13.2 Å². The number of carbonyl (C=O) groups is 1. The number of hydrogen-bond acceptors (Lipinski definition) is 6. The van der Waals surface area contributed by atoms with Gasteiger partial charge >= 0.3 is 0 Å². The zero-order chi connectivity index (χ0) is 18.8. The number of likely N-dealkylation sites (N-methyl/N-ethyl adjacent to an activating group) is 1. The fourth-order valence-electron chi connectivity index (χ4n) is 2.48. The van der Waals surface area contributed by atoms with Gasteiger partial charge in [0.2, 0.25) is 15.9 Å². The summed E-state index contributed by atoms with van der Waals surface area (Å²) in [6, 6.07) is 4.59. The number of amides is 1. The molecule has 0 spiro atoms. The largest absolute Gasteiger partial charge is 0.486 e. The van der Waals surface area contributed by atoms with Gasteiger partial charge in [-0.3, -0.25) is 4.79 Å². The minimum atomic E-state index is -3.58. The maximum Gasteiger partial charge on any atom is 0.240 e. The standard InChI is InChI=1S/C17H27N3O5S/c1-18-9-10-19-17(21)5-3-2-4-8-20-26(22,23)14-6-7-15-16(13-14)25-12-11-24-15/h6-7,13,18,20H,2-5,8-12H2,1H3,(H,19,21). The summed E-state index contributed by atoms with van der Waals surface area (Å²) < 4.78 is 38.0. The molecule has 0 radical (unpaired) electrons. The molecule has 0 aliphatic carbocycles. The van der Waals surface area contributed by atoms with Crippen molar-refractivity contribution < 1.29 is 22.7 Å². The summed E-state index contributed by atoms with van der Waals surface area (Å²) >= 11 is 0. The highest BCUT2D eigenvalue weighted by Crippen LogP contribution is 2.32. The predicted molar refractivity (Wildman–Crippen MR) is 98.0 cm³/mol. The van der Waals surface area contributed by atoms with Crippen molar-refractivity contribution in [2.45, 2.75) is 30.6 Å². The summed E-state index contributed by atoms with van der Waals surface area (Å²) in [5, 5.41) is 5.77. The number of carbonyl (C=O) groups excluding carboxylic acids is 1. The zero-order valence-corrected chi connectivity index (χ0v) is 15.9. The summed E-state index contributed by atoms with van der Waals surface area (Å²) in [6.07, 6.45) is 2.65. The molecule has 0 aromatic heterocycles. The number of benzene rings is 1. The van der Waals surface area contributed by atoms with Crippen LogP contribution in [0.4, 0.5) is 0 Å². The van der Waals surface area contributed by atoms with Crippen LogP contribution in [0.1, 0.15) is 25.7 Å². The molecule has 146 valence electrons. The third-order valence-electron chi connectivity index (χ3n) is 3.89. The normalized spacial score (nSPS) is 13.4.